The smallest absolute Gasteiger partial charge is 0.303 e. The molecule has 0 aliphatic heterocycles. The maximum absolute atomic E-state index is 11.1. The quantitative estimate of drug-likeness (QED) is 0.552. The predicted molar refractivity (Wildman–Crippen MR) is 62.2 cm³/mol. The van der Waals surface area contributed by atoms with Gasteiger partial charge in [0.05, 0.1) is 6.61 Å². The van der Waals surface area contributed by atoms with Gasteiger partial charge in [-0.25, -0.2) is 0 Å². The molecule has 0 bridgehead atoms. The van der Waals surface area contributed by atoms with E-state index in [2.05, 4.69) is 12.6 Å². The van der Waals surface area contributed by atoms with Crippen LogP contribution in [-0.4, -0.2) is 23.5 Å². The summed E-state index contributed by atoms with van der Waals surface area (Å²) in [5, 5.41) is 8.42. The number of allylic oxidation sites excluding steroid dienone is 3. The van der Waals surface area contributed by atoms with Crippen molar-refractivity contribution in [3.05, 3.63) is 22.8 Å². The van der Waals surface area contributed by atoms with Crippen molar-refractivity contribution in [1.29, 1.82) is 0 Å². The molecule has 0 spiro atoms. The second-order valence-corrected chi connectivity index (χ2v) is 4.10. The van der Waals surface area contributed by atoms with Crippen molar-refractivity contribution in [2.45, 2.75) is 25.7 Å². The molecular weight excluding hydrogens is 228 g/mol. The van der Waals surface area contributed by atoms with Crippen LogP contribution in [0.2, 0.25) is 0 Å². The number of carbonyl (C=O) groups is 2. The summed E-state index contributed by atoms with van der Waals surface area (Å²) >= 11 is 4.11. The molecule has 16 heavy (non-hydrogen) atoms. The number of unbranched alkanes of at least 4 members (excludes halogenated alkanes) is 1. The third kappa shape index (κ3) is 5.02. The fraction of sp³-hybridized carbons (Fsp3) is 0.455. The van der Waals surface area contributed by atoms with Crippen LogP contribution in [0.5, 0.6) is 0 Å². The minimum absolute atomic E-state index is 0.114. The molecule has 0 aromatic heterocycles. The monoisotopic (exact) mass is 242 g/mol. The van der Waals surface area contributed by atoms with Crippen LogP contribution in [0.1, 0.15) is 25.7 Å². The van der Waals surface area contributed by atoms with Gasteiger partial charge < -0.3 is 9.84 Å². The molecule has 5 heteroatoms. The topological polar surface area (TPSA) is 63.6 Å². The molecule has 0 radical (unpaired) electrons. The van der Waals surface area contributed by atoms with Crippen molar-refractivity contribution >= 4 is 24.4 Å². The number of rotatable bonds is 6. The van der Waals surface area contributed by atoms with E-state index in [0.29, 0.717) is 36.5 Å². The normalized spacial score (nSPS) is 15.4. The molecule has 0 unspecified atom stereocenters. The molecule has 4 nitrogen and oxygen atoms in total. The minimum atomic E-state index is -0.798. The van der Waals surface area contributed by atoms with Crippen molar-refractivity contribution in [2.24, 2.45) is 0 Å². The zero-order valence-corrected chi connectivity index (χ0v) is 9.70. The zero-order valence-electron chi connectivity index (χ0n) is 8.81. The van der Waals surface area contributed by atoms with Crippen LogP contribution in [-0.2, 0) is 14.3 Å². The Morgan fingerprint density at radius 2 is 2.19 bits per heavy atom. The van der Waals surface area contributed by atoms with Gasteiger partial charge in [-0.15, -0.1) is 12.6 Å². The van der Waals surface area contributed by atoms with Crippen LogP contribution < -0.4 is 0 Å². The molecule has 0 amide bonds. The first-order valence-corrected chi connectivity index (χ1v) is 5.51. The zero-order chi connectivity index (χ0) is 12.0. The largest absolute Gasteiger partial charge is 0.497 e. The van der Waals surface area contributed by atoms with Crippen molar-refractivity contribution < 1.29 is 19.4 Å². The van der Waals surface area contributed by atoms with E-state index < -0.39 is 5.97 Å². The van der Waals surface area contributed by atoms with Gasteiger partial charge in [0.15, 0.2) is 5.78 Å². The number of ether oxygens (including phenoxy) is 1. The lowest BCUT2D eigenvalue weighted by atomic mass is 10.1. The van der Waals surface area contributed by atoms with E-state index in [1.54, 1.807) is 0 Å². The van der Waals surface area contributed by atoms with Gasteiger partial charge in [0.1, 0.15) is 5.76 Å². The molecule has 0 fully saturated rings. The molecule has 1 aliphatic carbocycles. The first-order valence-electron chi connectivity index (χ1n) is 5.06. The van der Waals surface area contributed by atoms with Gasteiger partial charge in [-0.3, -0.25) is 9.59 Å². The van der Waals surface area contributed by atoms with Gasteiger partial charge in [-0.2, -0.15) is 0 Å². The van der Waals surface area contributed by atoms with Crippen molar-refractivity contribution in [3.8, 4) is 0 Å². The number of hydrogen-bond acceptors (Lipinski definition) is 4. The number of carbonyl (C=O) groups excluding carboxylic acids is 1. The Bertz CT molecular complexity index is 344. The molecule has 1 aliphatic rings. The summed E-state index contributed by atoms with van der Waals surface area (Å²) in [5.41, 5.74) is 0. The van der Waals surface area contributed by atoms with Gasteiger partial charge in [-0.1, -0.05) is 0 Å². The summed E-state index contributed by atoms with van der Waals surface area (Å²) < 4.78 is 5.36. The Morgan fingerprint density at radius 1 is 1.44 bits per heavy atom. The third-order valence-corrected chi connectivity index (χ3v) is 2.33. The lowest BCUT2D eigenvalue weighted by molar-refractivity contribution is -0.137. The molecule has 0 saturated carbocycles. The molecule has 0 atom stereocenters. The first kappa shape index (κ1) is 12.8. The molecule has 0 heterocycles. The van der Waals surface area contributed by atoms with Gasteiger partial charge in [0.25, 0.3) is 0 Å². The highest BCUT2D eigenvalue weighted by molar-refractivity contribution is 7.84. The summed E-state index contributed by atoms with van der Waals surface area (Å²) in [4.78, 5) is 22.0. The highest BCUT2D eigenvalue weighted by atomic mass is 32.1. The van der Waals surface area contributed by atoms with Crippen molar-refractivity contribution in [2.75, 3.05) is 6.61 Å². The summed E-state index contributed by atoms with van der Waals surface area (Å²) in [6.07, 6.45) is 4.84. The molecule has 0 saturated heterocycles. The summed E-state index contributed by atoms with van der Waals surface area (Å²) in [5.74, 6) is -0.308. The maximum atomic E-state index is 11.1. The van der Waals surface area contributed by atoms with Crippen molar-refractivity contribution in [3.63, 3.8) is 0 Å². The van der Waals surface area contributed by atoms with Crippen LogP contribution >= 0.6 is 12.6 Å². The predicted octanol–water partition coefficient (Wildman–Crippen LogP) is 1.93. The molecule has 0 aromatic rings. The second kappa shape index (κ2) is 6.37. The van der Waals surface area contributed by atoms with Gasteiger partial charge in [0.2, 0.25) is 0 Å². The van der Waals surface area contributed by atoms with E-state index in [-0.39, 0.29) is 12.2 Å². The summed E-state index contributed by atoms with van der Waals surface area (Å²) in [6, 6.07) is 0. The van der Waals surface area contributed by atoms with Gasteiger partial charge >= 0.3 is 5.97 Å². The first-order chi connectivity index (χ1) is 7.58. The second-order valence-electron chi connectivity index (χ2n) is 3.52. The fourth-order valence-corrected chi connectivity index (χ4v) is 1.60. The number of ketones is 1. The van der Waals surface area contributed by atoms with E-state index in [9.17, 15) is 9.59 Å². The lowest BCUT2D eigenvalue weighted by Crippen LogP contribution is -2.04. The SMILES string of the molecule is O=C1C=C(S)CC(OCCCCC(=O)O)=C1. The number of carboxylic acid groups (broad SMARTS) is 1. The standard InChI is InChI=1S/C11H14O4S/c12-8-5-9(7-10(16)6-8)15-4-2-1-3-11(13)14/h5-6,16H,1-4,7H2,(H,13,14). The van der Waals surface area contributed by atoms with Gasteiger partial charge in [-0.05, 0) is 23.8 Å². The molecule has 1 N–H and O–H groups in total. The lowest BCUT2D eigenvalue weighted by Gasteiger charge is -2.12. The summed E-state index contributed by atoms with van der Waals surface area (Å²) in [6.45, 7) is 0.438. The van der Waals surface area contributed by atoms with Crippen LogP contribution in [0.4, 0.5) is 0 Å². The fourth-order valence-electron chi connectivity index (χ4n) is 1.32. The van der Waals surface area contributed by atoms with Crippen LogP contribution in [0.3, 0.4) is 0 Å². The highest BCUT2D eigenvalue weighted by Gasteiger charge is 2.10. The average Bonchev–Trinajstić information content (AvgIpc) is 2.15. The Hall–Kier alpha value is -1.23. The minimum Gasteiger partial charge on any atom is -0.497 e. The third-order valence-electron chi connectivity index (χ3n) is 2.04. The molecule has 0 aromatic carbocycles. The van der Waals surface area contributed by atoms with Crippen molar-refractivity contribution in [1.82, 2.24) is 0 Å². The van der Waals surface area contributed by atoms with E-state index in [1.807, 2.05) is 0 Å². The molecule has 88 valence electrons. The summed E-state index contributed by atoms with van der Waals surface area (Å²) in [7, 11) is 0. The van der Waals surface area contributed by atoms with E-state index in [1.165, 1.54) is 12.2 Å². The Kier molecular flexibility index (Phi) is 5.11. The number of thiol groups is 1. The van der Waals surface area contributed by atoms with E-state index in [4.69, 9.17) is 9.84 Å². The van der Waals surface area contributed by atoms with E-state index >= 15 is 0 Å². The van der Waals surface area contributed by atoms with Crippen LogP contribution in [0.15, 0.2) is 22.8 Å². The maximum Gasteiger partial charge on any atom is 0.303 e. The van der Waals surface area contributed by atoms with Crippen LogP contribution in [0, 0.1) is 0 Å². The Labute approximate surface area is 99.4 Å². The Balaban J connectivity index is 2.19. The number of carboxylic acids is 1. The highest BCUT2D eigenvalue weighted by Crippen LogP contribution is 2.20. The molecule has 1 rings (SSSR count). The van der Waals surface area contributed by atoms with Crippen LogP contribution in [0.25, 0.3) is 0 Å². The Morgan fingerprint density at radius 3 is 2.81 bits per heavy atom. The van der Waals surface area contributed by atoms with Gasteiger partial charge in [0, 0.05) is 18.9 Å². The average molecular weight is 242 g/mol. The number of aliphatic carboxylic acids is 1. The van der Waals surface area contributed by atoms with E-state index in [0.717, 1.165) is 0 Å². The number of hydrogen-bond donors (Lipinski definition) is 2. The molecular formula is C11H14O4S.